The minimum Gasteiger partial charge on any atom is -0.505 e. The van der Waals surface area contributed by atoms with Gasteiger partial charge >= 0.3 is 47.0 Å². The summed E-state index contributed by atoms with van der Waals surface area (Å²) in [6.45, 7) is -3.18. The number of phenolic OH excluding ortho intramolecular Hbond substituents is 1. The molecule has 17 nitrogen and oxygen atoms in total. The zero-order valence-corrected chi connectivity index (χ0v) is 34.3. The number of hydrogen-bond donors (Lipinski definition) is 6. The zero-order valence-electron chi connectivity index (χ0n) is 31.1. The largest absolute Gasteiger partial charge is 0.505 e. The maximum atomic E-state index is 14.5. The highest BCUT2D eigenvalue weighted by Crippen LogP contribution is 2.64. The number of azo groups is 1. The molecule has 1 heterocycles. The molecule has 67 heavy (non-hydrogen) atoms. The van der Waals surface area contributed by atoms with Crippen LogP contribution in [-0.2, 0) is 30.3 Å². The molecule has 372 valence electrons. The van der Waals surface area contributed by atoms with Crippen molar-refractivity contribution in [2.45, 2.75) is 56.8 Å². The highest BCUT2D eigenvalue weighted by molar-refractivity contribution is 7.90. The lowest BCUT2D eigenvalue weighted by atomic mass is 9.91. The van der Waals surface area contributed by atoms with Gasteiger partial charge in [-0.2, -0.15) is 112 Å². The van der Waals surface area contributed by atoms with E-state index >= 15 is 0 Å². The quantitative estimate of drug-likeness (QED) is 0.0237. The smallest absolute Gasteiger partial charge is 0.460 e. The number of aromatic nitrogens is 3. The lowest BCUT2D eigenvalue weighted by Gasteiger charge is -2.42. The Morgan fingerprint density at radius 3 is 1.63 bits per heavy atom. The summed E-state index contributed by atoms with van der Waals surface area (Å²) in [6.07, 6.45) is -8.00. The predicted molar refractivity (Wildman–Crippen MR) is 190 cm³/mol. The van der Waals surface area contributed by atoms with Crippen LogP contribution in [0.3, 0.4) is 0 Å². The molecular formula is C29H18ClF17N8O9S3. The van der Waals surface area contributed by atoms with Crippen molar-refractivity contribution in [1.82, 2.24) is 19.7 Å². The Bertz CT molecular complexity index is 2940. The Morgan fingerprint density at radius 1 is 0.612 bits per heavy atom. The van der Waals surface area contributed by atoms with Crippen LogP contribution in [0.4, 0.5) is 104 Å². The van der Waals surface area contributed by atoms with Crippen molar-refractivity contribution in [2.75, 3.05) is 23.7 Å². The lowest BCUT2D eigenvalue weighted by Crippen LogP contribution is -2.75. The molecule has 4 aromatic rings. The van der Waals surface area contributed by atoms with Crippen LogP contribution in [0.1, 0.15) is 0 Å². The SMILES string of the molecule is O=S(=O)(O)c1cc(Nc2nc(Cl)nc(NCCNS(=O)(=O)C(F)(F)C(F)(F)C(F)(F)C(F)(F)C(F)(F)C(F)(F)C(F)(F)C(F)(F)F)n2)c2c(O)c(N=Nc3ccccc3)c(S(=O)(=O)O)cc2c1. The molecule has 38 heteroatoms. The molecule has 3 aromatic carbocycles. The fraction of sp³-hybridized carbons (Fsp3) is 0.345. The highest BCUT2D eigenvalue weighted by atomic mass is 35.5. The first-order valence-corrected chi connectivity index (χ1v) is 21.1. The van der Waals surface area contributed by atoms with Gasteiger partial charge in [0.1, 0.15) is 10.6 Å². The molecule has 4 rings (SSSR count). The third-order valence-corrected chi connectivity index (χ3v) is 11.7. The van der Waals surface area contributed by atoms with Crippen molar-refractivity contribution in [3.8, 4) is 5.75 Å². The van der Waals surface area contributed by atoms with E-state index < -0.39 is 145 Å². The molecule has 0 unspecified atom stereocenters. The summed E-state index contributed by atoms with van der Waals surface area (Å²) < 4.78 is 324. The van der Waals surface area contributed by atoms with Gasteiger partial charge in [0.15, 0.2) is 5.75 Å². The van der Waals surface area contributed by atoms with Gasteiger partial charge in [0.05, 0.1) is 16.3 Å². The number of sulfonamides is 1. The summed E-state index contributed by atoms with van der Waals surface area (Å²) in [6, 6.07) is 8.76. The summed E-state index contributed by atoms with van der Waals surface area (Å²) in [4.78, 5) is 8.23. The van der Waals surface area contributed by atoms with Crippen molar-refractivity contribution in [3.05, 3.63) is 53.8 Å². The average Bonchev–Trinajstić information content (AvgIpc) is 3.17. The average molecular weight is 1080 g/mol. The summed E-state index contributed by atoms with van der Waals surface area (Å²) in [5.41, 5.74) is -1.67. The van der Waals surface area contributed by atoms with Gasteiger partial charge in [-0.3, -0.25) is 9.11 Å². The van der Waals surface area contributed by atoms with Crippen molar-refractivity contribution >= 4 is 81.6 Å². The maximum Gasteiger partial charge on any atom is 0.460 e. The van der Waals surface area contributed by atoms with E-state index in [1.54, 1.807) is 0 Å². The predicted octanol–water partition coefficient (Wildman–Crippen LogP) is 8.33. The van der Waals surface area contributed by atoms with E-state index in [-0.39, 0.29) is 5.69 Å². The van der Waals surface area contributed by atoms with Crippen LogP contribution >= 0.6 is 11.6 Å². The minimum atomic E-state index is -9.04. The van der Waals surface area contributed by atoms with Crippen LogP contribution in [0, 0.1) is 0 Å². The molecule has 0 aliphatic rings. The van der Waals surface area contributed by atoms with E-state index in [0.717, 1.165) is 0 Å². The highest BCUT2D eigenvalue weighted by Gasteiger charge is 2.96. The number of fused-ring (bicyclic) bond motifs is 1. The van der Waals surface area contributed by atoms with Gasteiger partial charge in [-0.1, -0.05) is 18.2 Å². The van der Waals surface area contributed by atoms with E-state index in [1.807, 2.05) is 5.32 Å². The molecular weight excluding hydrogens is 1060 g/mol. The Labute approximate surface area is 365 Å². The molecule has 0 saturated heterocycles. The summed E-state index contributed by atoms with van der Waals surface area (Å²) >= 11 is 5.77. The molecule has 0 saturated carbocycles. The van der Waals surface area contributed by atoms with Gasteiger partial charge in [0, 0.05) is 18.5 Å². The zero-order chi connectivity index (χ0) is 51.6. The van der Waals surface area contributed by atoms with Crippen LogP contribution < -0.4 is 15.4 Å². The minimum absolute atomic E-state index is 0.0454. The molecule has 1 aromatic heterocycles. The number of rotatable bonds is 18. The fourth-order valence-electron chi connectivity index (χ4n) is 4.98. The van der Waals surface area contributed by atoms with E-state index in [2.05, 4.69) is 30.5 Å². The number of anilines is 3. The number of phenols is 1. The van der Waals surface area contributed by atoms with Crippen LogP contribution in [0.2, 0.25) is 5.28 Å². The van der Waals surface area contributed by atoms with Crippen molar-refractivity contribution in [3.63, 3.8) is 0 Å². The van der Waals surface area contributed by atoms with E-state index in [9.17, 15) is 114 Å². The van der Waals surface area contributed by atoms with Crippen LogP contribution in [0.15, 0.2) is 68.6 Å². The van der Waals surface area contributed by atoms with Crippen LogP contribution in [0.25, 0.3) is 10.8 Å². The number of nitrogens with zero attached hydrogens (tertiary/aromatic N) is 5. The fourth-order valence-corrected chi connectivity index (χ4v) is 7.36. The number of alkyl halides is 17. The second-order valence-electron chi connectivity index (χ2n) is 12.8. The summed E-state index contributed by atoms with van der Waals surface area (Å²) in [5.74, 6) is -55.8. The number of nitrogens with one attached hydrogen (secondary N) is 3. The first-order chi connectivity index (χ1) is 30.0. The van der Waals surface area contributed by atoms with Gasteiger partial charge in [-0.05, 0) is 47.3 Å². The number of hydrogen-bond acceptors (Lipinski definition) is 14. The van der Waals surface area contributed by atoms with E-state index in [0.29, 0.717) is 22.9 Å². The second-order valence-corrected chi connectivity index (χ2v) is 17.7. The van der Waals surface area contributed by atoms with Crippen LogP contribution in [-0.4, -0.2) is 114 Å². The molecule has 6 N–H and O–H groups in total. The number of aromatic hydroxyl groups is 1. The standard InChI is InChI=1S/C29H18ClF17N8O9S3/c30-19-51-20(48-6-7-49-67(63,64)29(46,47)27(41,42)25(37,38)23(33,34)22(31,32)24(35,36)26(39,40)28(43,44)45)53-21(52-19)50-14-10-13(65(57,58)59)8-11-9-15(66(60,61)62)17(18(56)16(11)14)55-54-12-4-2-1-3-5-12/h1-5,8-10,49,56H,6-7H2,(H,57,58,59)(H,60,61,62)(H2,48,50,51,52,53). The third-order valence-electron chi connectivity index (χ3n) is 8.31. The molecule has 0 aliphatic carbocycles. The molecule has 0 spiro atoms. The number of benzene rings is 3. The van der Waals surface area contributed by atoms with Crippen molar-refractivity contribution < 1.29 is 114 Å². The Morgan fingerprint density at radius 2 is 1.12 bits per heavy atom. The van der Waals surface area contributed by atoms with Gasteiger partial charge in [-0.15, -0.1) is 5.11 Å². The number of halogens is 18. The van der Waals surface area contributed by atoms with Gasteiger partial charge < -0.3 is 15.7 Å². The third kappa shape index (κ3) is 9.61. The van der Waals surface area contributed by atoms with Crippen LogP contribution in [0.5, 0.6) is 5.75 Å². The topological polar surface area (TPSA) is 263 Å². The maximum absolute atomic E-state index is 14.5. The van der Waals surface area contributed by atoms with Gasteiger partial charge in [-0.25, -0.2) is 13.1 Å². The Hall–Kier alpha value is -5.24. The second kappa shape index (κ2) is 17.4. The molecule has 0 fully saturated rings. The van der Waals surface area contributed by atoms with E-state index in [1.165, 1.54) is 30.3 Å². The van der Waals surface area contributed by atoms with Gasteiger partial charge in [0.2, 0.25) is 17.2 Å². The normalized spacial score (nSPS) is 14.5. The molecule has 0 amide bonds. The van der Waals surface area contributed by atoms with E-state index in [4.69, 9.17) is 11.6 Å². The Kier molecular flexibility index (Phi) is 14.1. The molecule has 0 aliphatic heterocycles. The molecule has 0 atom stereocenters. The molecule has 0 radical (unpaired) electrons. The van der Waals surface area contributed by atoms with Crippen molar-refractivity contribution in [1.29, 1.82) is 0 Å². The van der Waals surface area contributed by atoms with Gasteiger partial charge in [0.25, 0.3) is 30.3 Å². The first-order valence-electron chi connectivity index (χ1n) is 16.4. The molecule has 0 bridgehead atoms. The first kappa shape index (κ1) is 54.4. The lowest BCUT2D eigenvalue weighted by molar-refractivity contribution is -0.458. The Balaban J connectivity index is 1.65. The van der Waals surface area contributed by atoms with Crippen molar-refractivity contribution in [2.24, 2.45) is 10.2 Å². The summed E-state index contributed by atoms with van der Waals surface area (Å²) in [7, 11) is -18.3. The monoisotopic (exact) mass is 1080 g/mol. The summed E-state index contributed by atoms with van der Waals surface area (Å²) in [5, 5.41) is 12.6.